The minimum atomic E-state index is -0.734. The summed E-state index contributed by atoms with van der Waals surface area (Å²) in [4.78, 5) is 23.0. The fourth-order valence-corrected chi connectivity index (χ4v) is 2.47. The first-order valence-electron chi connectivity index (χ1n) is 7.75. The molecule has 0 fully saturated rings. The number of furan rings is 1. The maximum absolute atomic E-state index is 12.2. The van der Waals surface area contributed by atoms with Gasteiger partial charge in [-0.1, -0.05) is 18.2 Å². The monoisotopic (exact) mass is 339 g/mol. The highest BCUT2D eigenvalue weighted by molar-refractivity contribution is 5.95. The number of fused-ring (bicyclic) bond motifs is 1. The van der Waals surface area contributed by atoms with E-state index in [4.69, 9.17) is 9.15 Å². The zero-order chi connectivity index (χ0) is 18.2. The Morgan fingerprint density at radius 2 is 1.84 bits per heavy atom. The number of nitro benzene ring substituents is 1. The van der Waals surface area contributed by atoms with Gasteiger partial charge in [0.2, 0.25) is 0 Å². The number of carbonyl (C=O) groups is 1. The lowest BCUT2D eigenvalue weighted by Crippen LogP contribution is -2.24. The van der Waals surface area contributed by atoms with Crippen LogP contribution in [-0.2, 0) is 4.74 Å². The van der Waals surface area contributed by atoms with Gasteiger partial charge in [-0.2, -0.15) is 0 Å². The van der Waals surface area contributed by atoms with Crippen LogP contribution in [0, 0.1) is 10.1 Å². The third kappa shape index (κ3) is 3.52. The van der Waals surface area contributed by atoms with Crippen molar-refractivity contribution in [3.63, 3.8) is 0 Å². The predicted octanol–water partition coefficient (Wildman–Crippen LogP) is 4.96. The maximum atomic E-state index is 12.2. The van der Waals surface area contributed by atoms with E-state index in [2.05, 4.69) is 0 Å². The lowest BCUT2D eigenvalue weighted by molar-refractivity contribution is -0.385. The Hall–Kier alpha value is -3.15. The third-order valence-electron chi connectivity index (χ3n) is 3.52. The fraction of sp³-hybridized carbons (Fsp3) is 0.211. The second kappa shape index (κ2) is 6.05. The fourth-order valence-electron chi connectivity index (χ4n) is 2.47. The second-order valence-corrected chi connectivity index (χ2v) is 6.64. The molecular weight excluding hydrogens is 322 g/mol. The number of nitro groups is 1. The first-order chi connectivity index (χ1) is 11.7. The molecule has 0 aliphatic carbocycles. The molecule has 1 aromatic heterocycles. The number of para-hydroxylation sites is 1. The van der Waals surface area contributed by atoms with Gasteiger partial charge in [-0.25, -0.2) is 4.79 Å². The first-order valence-corrected chi connectivity index (χ1v) is 7.75. The summed E-state index contributed by atoms with van der Waals surface area (Å²) < 4.78 is 11.0. The van der Waals surface area contributed by atoms with E-state index in [1.54, 1.807) is 26.8 Å². The normalized spacial score (nSPS) is 11.5. The molecule has 6 heteroatoms. The Labute approximate surface area is 144 Å². The molecule has 0 bridgehead atoms. The largest absolute Gasteiger partial charge is 0.456 e. The molecule has 0 aliphatic heterocycles. The van der Waals surface area contributed by atoms with Crippen molar-refractivity contribution in [2.45, 2.75) is 26.4 Å². The Balaban J connectivity index is 2.04. The smallest absolute Gasteiger partial charge is 0.345 e. The number of hydrogen-bond donors (Lipinski definition) is 0. The number of nitrogens with zero attached hydrogens (tertiary/aromatic N) is 1. The molecule has 0 aliphatic rings. The van der Waals surface area contributed by atoms with Crippen LogP contribution in [0.25, 0.3) is 22.3 Å². The van der Waals surface area contributed by atoms with Gasteiger partial charge in [0.1, 0.15) is 22.5 Å². The minimum Gasteiger partial charge on any atom is -0.456 e. The summed E-state index contributed by atoms with van der Waals surface area (Å²) in [7, 11) is 0. The van der Waals surface area contributed by atoms with Crippen molar-refractivity contribution >= 4 is 22.6 Å². The van der Waals surface area contributed by atoms with E-state index < -0.39 is 16.5 Å². The van der Waals surface area contributed by atoms with Crippen molar-refractivity contribution in [2.24, 2.45) is 0 Å². The number of ether oxygens (including phenoxy) is 1. The lowest BCUT2D eigenvalue weighted by atomic mass is 10.1. The molecule has 3 aromatic rings. The van der Waals surface area contributed by atoms with Gasteiger partial charge in [0.25, 0.3) is 5.69 Å². The van der Waals surface area contributed by atoms with Crippen molar-refractivity contribution in [1.29, 1.82) is 0 Å². The summed E-state index contributed by atoms with van der Waals surface area (Å²) in [6.07, 6.45) is 0. The highest BCUT2D eigenvalue weighted by atomic mass is 16.6. The molecule has 2 aromatic carbocycles. The van der Waals surface area contributed by atoms with Gasteiger partial charge in [0.15, 0.2) is 0 Å². The molecule has 0 spiro atoms. The van der Waals surface area contributed by atoms with Crippen LogP contribution >= 0.6 is 0 Å². The second-order valence-electron chi connectivity index (χ2n) is 6.64. The average Bonchev–Trinajstić information content (AvgIpc) is 2.96. The van der Waals surface area contributed by atoms with E-state index >= 15 is 0 Å². The van der Waals surface area contributed by atoms with Crippen molar-refractivity contribution < 1.29 is 18.9 Å². The number of esters is 1. The molecule has 25 heavy (non-hydrogen) atoms. The molecule has 128 valence electrons. The molecular formula is C19H17NO5. The molecule has 3 rings (SSSR count). The van der Waals surface area contributed by atoms with E-state index in [-0.39, 0.29) is 11.3 Å². The van der Waals surface area contributed by atoms with Crippen molar-refractivity contribution in [3.05, 3.63) is 64.2 Å². The number of hydrogen-bond acceptors (Lipinski definition) is 5. The van der Waals surface area contributed by atoms with Gasteiger partial charge in [0, 0.05) is 17.0 Å². The van der Waals surface area contributed by atoms with Crippen molar-refractivity contribution in [2.75, 3.05) is 0 Å². The summed E-state index contributed by atoms with van der Waals surface area (Å²) in [5.74, 6) is -0.226. The summed E-state index contributed by atoms with van der Waals surface area (Å²) >= 11 is 0. The molecule has 0 unspecified atom stereocenters. The SMILES string of the molecule is CC(C)(C)OC(=O)c1ccc(-c2cc3ccccc3o2)cc1[N+](=O)[O-]. The van der Waals surface area contributed by atoms with Gasteiger partial charge in [-0.05, 0) is 45.0 Å². The van der Waals surface area contributed by atoms with Crippen LogP contribution in [0.4, 0.5) is 5.69 Å². The van der Waals surface area contributed by atoms with E-state index in [1.165, 1.54) is 12.1 Å². The van der Waals surface area contributed by atoms with E-state index in [0.717, 1.165) is 5.39 Å². The van der Waals surface area contributed by atoms with E-state index in [0.29, 0.717) is 16.9 Å². The molecule has 0 atom stereocenters. The van der Waals surface area contributed by atoms with Crippen LogP contribution < -0.4 is 0 Å². The molecule has 0 saturated carbocycles. The van der Waals surface area contributed by atoms with Crippen molar-refractivity contribution in [3.8, 4) is 11.3 Å². The number of rotatable bonds is 3. The van der Waals surface area contributed by atoms with Crippen LogP contribution in [0.5, 0.6) is 0 Å². The number of benzene rings is 2. The topological polar surface area (TPSA) is 82.6 Å². The van der Waals surface area contributed by atoms with Crippen LogP contribution in [0.15, 0.2) is 52.9 Å². The molecule has 0 N–H and O–H groups in total. The summed E-state index contributed by atoms with van der Waals surface area (Å²) in [6, 6.07) is 13.6. The Bertz CT molecular complexity index is 932. The average molecular weight is 339 g/mol. The molecule has 1 heterocycles. The first kappa shape index (κ1) is 16.7. The maximum Gasteiger partial charge on any atom is 0.345 e. The Kier molecular flexibility index (Phi) is 4.04. The van der Waals surface area contributed by atoms with Crippen LogP contribution in [0.3, 0.4) is 0 Å². The summed E-state index contributed by atoms with van der Waals surface area (Å²) in [5, 5.41) is 12.3. The zero-order valence-electron chi connectivity index (χ0n) is 14.1. The van der Waals surface area contributed by atoms with Crippen molar-refractivity contribution in [1.82, 2.24) is 0 Å². The molecule has 6 nitrogen and oxygen atoms in total. The molecule has 0 radical (unpaired) electrons. The highest BCUT2D eigenvalue weighted by Crippen LogP contribution is 2.32. The van der Waals surface area contributed by atoms with Gasteiger partial charge >= 0.3 is 5.97 Å². The van der Waals surface area contributed by atoms with E-state index in [9.17, 15) is 14.9 Å². The van der Waals surface area contributed by atoms with Crippen LogP contribution in [0.2, 0.25) is 0 Å². The Morgan fingerprint density at radius 1 is 1.12 bits per heavy atom. The lowest BCUT2D eigenvalue weighted by Gasteiger charge is -2.19. The molecule has 0 saturated heterocycles. The van der Waals surface area contributed by atoms with Gasteiger partial charge in [-0.3, -0.25) is 10.1 Å². The Morgan fingerprint density at radius 3 is 2.48 bits per heavy atom. The van der Waals surface area contributed by atoms with Gasteiger partial charge < -0.3 is 9.15 Å². The highest BCUT2D eigenvalue weighted by Gasteiger charge is 2.26. The van der Waals surface area contributed by atoms with Crippen LogP contribution in [-0.4, -0.2) is 16.5 Å². The van der Waals surface area contributed by atoms with Gasteiger partial charge in [0.05, 0.1) is 4.92 Å². The van der Waals surface area contributed by atoms with Crippen LogP contribution in [0.1, 0.15) is 31.1 Å². The molecule has 0 amide bonds. The summed E-state index contributed by atoms with van der Waals surface area (Å²) in [5.41, 5.74) is 0.0844. The third-order valence-corrected chi connectivity index (χ3v) is 3.52. The zero-order valence-corrected chi connectivity index (χ0v) is 14.1. The summed E-state index contributed by atoms with van der Waals surface area (Å²) in [6.45, 7) is 5.12. The minimum absolute atomic E-state index is 0.0835. The van der Waals surface area contributed by atoms with Gasteiger partial charge in [-0.15, -0.1) is 0 Å². The number of carbonyl (C=O) groups excluding carboxylic acids is 1. The predicted molar refractivity (Wildman–Crippen MR) is 93.5 cm³/mol. The van der Waals surface area contributed by atoms with E-state index in [1.807, 2.05) is 30.3 Å². The quantitative estimate of drug-likeness (QED) is 0.382. The standard InChI is InChI=1S/C19H17NO5/c1-19(2,3)25-18(21)14-9-8-13(10-15(14)20(22)23)17-11-12-6-4-5-7-16(12)24-17/h4-11H,1-3H3.